The second kappa shape index (κ2) is 5.80. The molecular formula is C14H11F3N2O3S. The van der Waals surface area contributed by atoms with Gasteiger partial charge in [0.15, 0.2) is 29.2 Å². The topological polar surface area (TPSA) is 68.3 Å². The zero-order valence-corrected chi connectivity index (χ0v) is 12.7. The summed E-state index contributed by atoms with van der Waals surface area (Å²) in [7, 11) is 0. The number of esters is 1. The van der Waals surface area contributed by atoms with Crippen LogP contribution in [0.4, 0.5) is 18.3 Å². The van der Waals surface area contributed by atoms with E-state index in [0.717, 1.165) is 23.8 Å². The molecule has 1 aliphatic carbocycles. The molecule has 1 heterocycles. The molecule has 122 valence electrons. The van der Waals surface area contributed by atoms with Crippen molar-refractivity contribution in [3.8, 4) is 0 Å². The lowest BCUT2D eigenvalue weighted by Crippen LogP contribution is -2.21. The number of hydrogen-bond donors (Lipinski definition) is 1. The third-order valence-corrected chi connectivity index (χ3v) is 4.44. The number of anilines is 1. The van der Waals surface area contributed by atoms with E-state index in [2.05, 4.69) is 10.3 Å². The monoisotopic (exact) mass is 344 g/mol. The number of benzene rings is 1. The van der Waals surface area contributed by atoms with E-state index in [9.17, 15) is 22.8 Å². The average molecular weight is 344 g/mol. The van der Waals surface area contributed by atoms with Crippen molar-refractivity contribution in [1.29, 1.82) is 0 Å². The minimum atomic E-state index is -1.62. The maximum Gasteiger partial charge on any atom is 0.309 e. The van der Waals surface area contributed by atoms with Crippen LogP contribution < -0.4 is 5.32 Å². The van der Waals surface area contributed by atoms with E-state index >= 15 is 0 Å². The van der Waals surface area contributed by atoms with Crippen LogP contribution in [0.15, 0.2) is 6.07 Å². The number of ether oxygens (including phenoxy) is 1. The van der Waals surface area contributed by atoms with Crippen molar-refractivity contribution in [2.45, 2.75) is 13.3 Å². The molecule has 0 bridgehead atoms. The Bertz CT molecular complexity index is 808. The van der Waals surface area contributed by atoms with Gasteiger partial charge in [-0.2, -0.15) is 0 Å². The highest BCUT2D eigenvalue weighted by molar-refractivity contribution is 7.22. The largest absolute Gasteiger partial charge is 0.455 e. The minimum Gasteiger partial charge on any atom is -0.455 e. The van der Waals surface area contributed by atoms with Gasteiger partial charge in [-0.15, -0.1) is 0 Å². The van der Waals surface area contributed by atoms with Gasteiger partial charge in [0.2, 0.25) is 0 Å². The van der Waals surface area contributed by atoms with Crippen LogP contribution in [0.5, 0.6) is 0 Å². The first-order chi connectivity index (χ1) is 10.9. The van der Waals surface area contributed by atoms with Crippen molar-refractivity contribution >= 4 is 38.6 Å². The number of rotatable bonds is 4. The number of thiazole rings is 1. The smallest absolute Gasteiger partial charge is 0.309 e. The number of carbonyl (C=O) groups excluding carboxylic acids is 2. The van der Waals surface area contributed by atoms with Gasteiger partial charge in [-0.3, -0.25) is 14.9 Å². The fraction of sp³-hybridized carbons (Fsp3) is 0.357. The molecule has 1 saturated carbocycles. The molecule has 2 aromatic rings. The van der Waals surface area contributed by atoms with Crippen LogP contribution in [0, 0.1) is 29.3 Å². The molecule has 0 saturated heterocycles. The second-order valence-electron chi connectivity index (χ2n) is 5.33. The Morgan fingerprint density at radius 3 is 2.74 bits per heavy atom. The van der Waals surface area contributed by atoms with Crippen LogP contribution >= 0.6 is 11.3 Å². The van der Waals surface area contributed by atoms with Crippen LogP contribution in [0.2, 0.25) is 0 Å². The molecule has 5 nitrogen and oxygen atoms in total. The summed E-state index contributed by atoms with van der Waals surface area (Å²) < 4.78 is 44.7. The predicted octanol–water partition coefficient (Wildman–Crippen LogP) is 2.85. The molecule has 23 heavy (non-hydrogen) atoms. The summed E-state index contributed by atoms with van der Waals surface area (Å²) in [6.45, 7) is 1.41. The third kappa shape index (κ3) is 3.14. The van der Waals surface area contributed by atoms with Crippen molar-refractivity contribution < 1.29 is 27.5 Å². The van der Waals surface area contributed by atoms with Crippen molar-refractivity contribution in [3.63, 3.8) is 0 Å². The van der Waals surface area contributed by atoms with Crippen molar-refractivity contribution in [2.24, 2.45) is 11.8 Å². The van der Waals surface area contributed by atoms with Crippen LogP contribution in [-0.2, 0) is 14.3 Å². The zero-order chi connectivity index (χ0) is 16.7. The highest BCUT2D eigenvalue weighted by Gasteiger charge is 2.40. The van der Waals surface area contributed by atoms with E-state index in [0.29, 0.717) is 0 Å². The minimum absolute atomic E-state index is 0.0373. The number of hydrogen-bond acceptors (Lipinski definition) is 5. The Morgan fingerprint density at radius 1 is 1.39 bits per heavy atom. The number of nitrogens with one attached hydrogen (secondary N) is 1. The lowest BCUT2D eigenvalue weighted by molar-refractivity contribution is -0.148. The quantitative estimate of drug-likeness (QED) is 0.684. The molecule has 9 heteroatoms. The molecule has 1 aromatic carbocycles. The van der Waals surface area contributed by atoms with Gasteiger partial charge in [-0.1, -0.05) is 18.3 Å². The predicted molar refractivity (Wildman–Crippen MR) is 76.4 cm³/mol. The van der Waals surface area contributed by atoms with Gasteiger partial charge in [0.1, 0.15) is 5.52 Å². The molecule has 0 aliphatic heterocycles. The van der Waals surface area contributed by atoms with Crippen LogP contribution in [0.1, 0.15) is 13.3 Å². The number of halogens is 3. The molecule has 1 aliphatic rings. The summed E-state index contributed by atoms with van der Waals surface area (Å²) in [5, 5.41) is 2.27. The molecule has 1 fully saturated rings. The summed E-state index contributed by atoms with van der Waals surface area (Å²) in [4.78, 5) is 26.9. The Labute approximate surface area is 132 Å². The molecule has 1 aromatic heterocycles. The second-order valence-corrected chi connectivity index (χ2v) is 6.36. The van der Waals surface area contributed by atoms with E-state index in [1.165, 1.54) is 0 Å². The van der Waals surface area contributed by atoms with Crippen LogP contribution in [0.25, 0.3) is 10.2 Å². The highest BCUT2D eigenvalue weighted by atomic mass is 32.1. The number of nitrogens with zero attached hydrogens (tertiary/aromatic N) is 1. The van der Waals surface area contributed by atoms with Crippen molar-refractivity contribution in [3.05, 3.63) is 23.5 Å². The fourth-order valence-corrected chi connectivity index (χ4v) is 2.98. The van der Waals surface area contributed by atoms with Gasteiger partial charge < -0.3 is 4.74 Å². The lowest BCUT2D eigenvalue weighted by Gasteiger charge is -2.03. The van der Waals surface area contributed by atoms with Gasteiger partial charge in [0.25, 0.3) is 5.91 Å². The van der Waals surface area contributed by atoms with Crippen molar-refractivity contribution in [1.82, 2.24) is 4.98 Å². The van der Waals surface area contributed by atoms with E-state index in [4.69, 9.17) is 4.74 Å². The van der Waals surface area contributed by atoms with E-state index in [-0.39, 0.29) is 27.2 Å². The van der Waals surface area contributed by atoms with E-state index in [1.807, 2.05) is 6.92 Å². The first kappa shape index (κ1) is 15.7. The Morgan fingerprint density at radius 2 is 2.09 bits per heavy atom. The first-order valence-corrected chi connectivity index (χ1v) is 7.59. The summed E-state index contributed by atoms with van der Waals surface area (Å²) in [5.74, 6) is -5.35. The standard InChI is InChI=1S/C14H11F3N2O3S/c1-5-2-6(5)13(21)22-4-9(20)18-14-19-12-8(23-14)3-7(15)10(16)11(12)17/h3,5-6H,2,4H2,1H3,(H,18,19,20). The Hall–Kier alpha value is -2.16. The van der Waals surface area contributed by atoms with E-state index in [1.54, 1.807) is 0 Å². The summed E-state index contributed by atoms with van der Waals surface area (Å²) in [6, 6.07) is 0.801. The molecule has 2 atom stereocenters. The summed E-state index contributed by atoms with van der Waals surface area (Å²) in [6.07, 6.45) is 0.745. The SMILES string of the molecule is CC1CC1C(=O)OCC(=O)Nc1nc2c(F)c(F)c(F)cc2s1. The summed E-state index contributed by atoms with van der Waals surface area (Å²) >= 11 is 0.786. The molecule has 0 radical (unpaired) electrons. The molecule has 1 N–H and O–H groups in total. The number of fused-ring (bicyclic) bond motifs is 1. The van der Waals surface area contributed by atoms with Gasteiger partial charge in [-0.25, -0.2) is 18.2 Å². The molecule has 0 spiro atoms. The average Bonchev–Trinajstić information content (AvgIpc) is 3.10. The number of aromatic nitrogens is 1. The number of carbonyl (C=O) groups is 2. The highest BCUT2D eigenvalue weighted by Crippen LogP contribution is 2.38. The van der Waals surface area contributed by atoms with Gasteiger partial charge in [0, 0.05) is 0 Å². The van der Waals surface area contributed by atoms with Crippen molar-refractivity contribution in [2.75, 3.05) is 11.9 Å². The van der Waals surface area contributed by atoms with E-state index < -0.39 is 35.9 Å². The summed E-state index contributed by atoms with van der Waals surface area (Å²) in [5.41, 5.74) is -0.368. The van der Waals surface area contributed by atoms with Gasteiger partial charge in [-0.05, 0) is 18.4 Å². The Balaban J connectivity index is 1.65. The molecule has 3 rings (SSSR count). The zero-order valence-electron chi connectivity index (χ0n) is 11.9. The molecule has 1 amide bonds. The van der Waals surface area contributed by atoms with Crippen LogP contribution in [-0.4, -0.2) is 23.5 Å². The fourth-order valence-electron chi connectivity index (χ4n) is 2.08. The maximum absolute atomic E-state index is 13.5. The van der Waals surface area contributed by atoms with Gasteiger partial charge in [0.05, 0.1) is 10.6 Å². The lowest BCUT2D eigenvalue weighted by atomic mass is 10.3. The van der Waals surface area contributed by atoms with Crippen LogP contribution in [0.3, 0.4) is 0 Å². The first-order valence-electron chi connectivity index (χ1n) is 6.77. The molecule has 2 unspecified atom stereocenters. The Kier molecular flexibility index (Phi) is 3.97. The number of amides is 1. The normalized spacial score (nSPS) is 19.7. The van der Waals surface area contributed by atoms with Gasteiger partial charge >= 0.3 is 5.97 Å². The third-order valence-electron chi connectivity index (χ3n) is 3.53. The maximum atomic E-state index is 13.5. The molecular weight excluding hydrogens is 333 g/mol.